The van der Waals surface area contributed by atoms with Crippen molar-refractivity contribution in [3.05, 3.63) is 83.7 Å². The van der Waals surface area contributed by atoms with Crippen molar-refractivity contribution in [1.29, 1.82) is 0 Å². The number of thiophene rings is 1. The summed E-state index contributed by atoms with van der Waals surface area (Å²) in [5, 5.41) is 12.9. The number of Topliss-reactive ketones (excluding diaryl/α,β-unsaturated/α-hetero) is 1. The second-order valence-electron chi connectivity index (χ2n) is 9.20. The molecule has 0 radical (unpaired) electrons. The van der Waals surface area contributed by atoms with E-state index in [1.807, 2.05) is 30.5 Å². The van der Waals surface area contributed by atoms with Gasteiger partial charge in [-0.1, -0.05) is 18.7 Å². The van der Waals surface area contributed by atoms with Crippen LogP contribution in [-0.2, 0) is 0 Å². The predicted octanol–water partition coefficient (Wildman–Crippen LogP) is 6.90. The molecule has 7 nitrogen and oxygen atoms in total. The number of aromatic nitrogens is 5. The monoisotopic (exact) mass is 508 g/mol. The molecular formula is C29H28N6OS. The quantitative estimate of drug-likeness (QED) is 0.156. The van der Waals surface area contributed by atoms with E-state index in [1.165, 1.54) is 11.3 Å². The molecule has 0 bridgehead atoms. The van der Waals surface area contributed by atoms with Crippen LogP contribution in [0.5, 0.6) is 0 Å². The molecule has 5 aromatic rings. The summed E-state index contributed by atoms with van der Waals surface area (Å²) in [6, 6.07) is 10.3. The highest BCUT2D eigenvalue weighted by Crippen LogP contribution is 2.36. The fourth-order valence-electron chi connectivity index (χ4n) is 4.39. The summed E-state index contributed by atoms with van der Waals surface area (Å²) in [6.45, 7) is 11.7. The maximum atomic E-state index is 11.8. The van der Waals surface area contributed by atoms with Crippen LogP contribution in [0.25, 0.3) is 49.5 Å². The Kier molecular flexibility index (Phi) is 6.58. The van der Waals surface area contributed by atoms with Crippen molar-refractivity contribution in [1.82, 2.24) is 30.5 Å². The van der Waals surface area contributed by atoms with E-state index < -0.39 is 0 Å². The smallest absolute Gasteiger partial charge is 0.181 e. The van der Waals surface area contributed by atoms with Gasteiger partial charge in [0.25, 0.3) is 0 Å². The van der Waals surface area contributed by atoms with Crippen molar-refractivity contribution in [3.8, 4) is 22.0 Å². The number of fused-ring (bicyclic) bond motifs is 2. The molecule has 0 unspecified atom stereocenters. The first-order valence-electron chi connectivity index (χ1n) is 12.1. The van der Waals surface area contributed by atoms with Crippen LogP contribution in [0.1, 0.15) is 42.9 Å². The number of nitrogens with zero attached hydrogens (tertiary/aromatic N) is 3. The van der Waals surface area contributed by atoms with Crippen molar-refractivity contribution < 1.29 is 4.79 Å². The highest BCUT2D eigenvalue weighted by molar-refractivity contribution is 7.17. The van der Waals surface area contributed by atoms with Crippen molar-refractivity contribution in [2.75, 3.05) is 0 Å². The van der Waals surface area contributed by atoms with E-state index in [1.54, 1.807) is 19.2 Å². The molecule has 5 heterocycles. The summed E-state index contributed by atoms with van der Waals surface area (Å²) in [5.74, 6) is 0.0558. The van der Waals surface area contributed by atoms with Crippen molar-refractivity contribution in [3.63, 3.8) is 0 Å². The molecule has 0 aliphatic carbocycles. The molecule has 0 spiro atoms. The second kappa shape index (κ2) is 9.99. The molecule has 0 saturated heterocycles. The van der Waals surface area contributed by atoms with Gasteiger partial charge in [0.1, 0.15) is 0 Å². The van der Waals surface area contributed by atoms with Crippen molar-refractivity contribution in [2.45, 2.75) is 33.7 Å². The van der Waals surface area contributed by atoms with Crippen LogP contribution < -0.4 is 5.32 Å². The molecule has 8 heteroatoms. The van der Waals surface area contributed by atoms with E-state index >= 15 is 0 Å². The number of carbonyl (C=O) groups is 1. The number of allylic oxidation sites excluding steroid dienone is 5. The zero-order valence-electron chi connectivity index (χ0n) is 21.2. The number of aromatic amines is 2. The van der Waals surface area contributed by atoms with Gasteiger partial charge in [-0.25, -0.2) is 4.98 Å². The molecule has 37 heavy (non-hydrogen) atoms. The average molecular weight is 509 g/mol. The molecule has 0 atom stereocenters. The summed E-state index contributed by atoms with van der Waals surface area (Å²) in [5.41, 5.74) is 7.20. The highest BCUT2D eigenvalue weighted by atomic mass is 32.1. The number of hydrogen-bond acceptors (Lipinski definition) is 6. The molecule has 3 N–H and O–H groups in total. The van der Waals surface area contributed by atoms with Gasteiger partial charge in [0, 0.05) is 46.0 Å². The van der Waals surface area contributed by atoms with Crippen LogP contribution in [-0.4, -0.2) is 37.0 Å². The van der Waals surface area contributed by atoms with Gasteiger partial charge in [-0.05, 0) is 69.7 Å². The molecule has 0 aliphatic rings. The van der Waals surface area contributed by atoms with Gasteiger partial charge in [-0.2, -0.15) is 5.10 Å². The number of carbonyl (C=O) groups excluding carboxylic acids is 1. The molecule has 186 valence electrons. The number of ketones is 1. The number of H-pyrrole nitrogens is 2. The standard InChI is InChI=1S/C29H28N6OS/c1-6-7-19(12-17(4)32-16(2)3)20-13-22-27(34-35-29(22)31-15-20)24-14-21-23(33-24)10-11-30-28(21)26-9-8-25(37-26)18(5)36/h6-16,32-33H,1H2,2-5H3,(H,31,34,35)/b17-12+,19-7+. The minimum Gasteiger partial charge on any atom is -0.386 e. The molecule has 0 aromatic carbocycles. The topological polar surface area (TPSA) is 99.3 Å². The fraction of sp³-hybridized carbons (Fsp3) is 0.172. The van der Waals surface area contributed by atoms with E-state index in [2.05, 4.69) is 76.0 Å². The Balaban J connectivity index is 1.59. The minimum absolute atomic E-state index is 0.0558. The van der Waals surface area contributed by atoms with Crippen molar-refractivity contribution >= 4 is 44.6 Å². The van der Waals surface area contributed by atoms with Crippen molar-refractivity contribution in [2.24, 2.45) is 0 Å². The van der Waals surface area contributed by atoms with E-state index in [4.69, 9.17) is 0 Å². The third kappa shape index (κ3) is 4.88. The molecule has 0 saturated carbocycles. The van der Waals surface area contributed by atoms with Crippen LogP contribution in [0.2, 0.25) is 0 Å². The summed E-state index contributed by atoms with van der Waals surface area (Å²) in [7, 11) is 0. The first-order valence-corrected chi connectivity index (χ1v) is 12.9. The Morgan fingerprint density at radius 2 is 1.97 bits per heavy atom. The maximum absolute atomic E-state index is 11.8. The van der Waals surface area contributed by atoms with E-state index in [9.17, 15) is 4.79 Å². The lowest BCUT2D eigenvalue weighted by molar-refractivity contribution is 0.102. The Morgan fingerprint density at radius 1 is 1.14 bits per heavy atom. The number of hydrogen-bond donors (Lipinski definition) is 3. The maximum Gasteiger partial charge on any atom is 0.181 e. The van der Waals surface area contributed by atoms with Crippen LogP contribution in [0, 0.1) is 0 Å². The van der Waals surface area contributed by atoms with Gasteiger partial charge in [0.2, 0.25) is 0 Å². The lowest BCUT2D eigenvalue weighted by Crippen LogP contribution is -2.20. The third-order valence-electron chi connectivity index (χ3n) is 5.93. The normalized spacial score (nSPS) is 12.6. The lowest BCUT2D eigenvalue weighted by atomic mass is 10.0. The molecule has 0 fully saturated rings. The fourth-order valence-corrected chi connectivity index (χ4v) is 5.30. The molecule has 0 aliphatic heterocycles. The molecular weight excluding hydrogens is 480 g/mol. The third-order valence-corrected chi connectivity index (χ3v) is 7.13. The number of rotatable bonds is 8. The Bertz CT molecular complexity index is 1700. The van der Waals surface area contributed by atoms with E-state index in [0.29, 0.717) is 11.7 Å². The Hall–Kier alpha value is -4.30. The lowest BCUT2D eigenvalue weighted by Gasteiger charge is -2.11. The average Bonchev–Trinajstić information content (AvgIpc) is 3.60. The van der Waals surface area contributed by atoms with Crippen LogP contribution in [0.3, 0.4) is 0 Å². The molecule has 5 rings (SSSR count). The van der Waals surface area contributed by atoms with Gasteiger partial charge < -0.3 is 10.3 Å². The van der Waals surface area contributed by atoms with Gasteiger partial charge in [-0.3, -0.25) is 14.9 Å². The zero-order chi connectivity index (χ0) is 26.1. The number of nitrogens with one attached hydrogen (secondary N) is 3. The van der Waals surface area contributed by atoms with E-state index in [0.717, 1.165) is 60.0 Å². The van der Waals surface area contributed by atoms with Crippen LogP contribution in [0.4, 0.5) is 0 Å². The van der Waals surface area contributed by atoms with Crippen LogP contribution in [0.15, 0.2) is 73.2 Å². The SMILES string of the molecule is C=C/C=C(\C=C(/C)NC(C)C)c1cnc2n[nH]c(-c3cc4c(-c5ccc(C(C)=O)s5)nccc4[nH]3)c2c1. The van der Waals surface area contributed by atoms with E-state index in [-0.39, 0.29) is 5.78 Å². The minimum atomic E-state index is 0.0558. The van der Waals surface area contributed by atoms with Gasteiger partial charge >= 0.3 is 0 Å². The Labute approximate surface area is 219 Å². The molecule has 0 amide bonds. The summed E-state index contributed by atoms with van der Waals surface area (Å²) in [6.07, 6.45) is 9.47. The van der Waals surface area contributed by atoms with Crippen LogP contribution >= 0.6 is 11.3 Å². The summed E-state index contributed by atoms with van der Waals surface area (Å²) < 4.78 is 0. The first-order chi connectivity index (χ1) is 17.8. The zero-order valence-corrected chi connectivity index (χ0v) is 22.0. The summed E-state index contributed by atoms with van der Waals surface area (Å²) >= 11 is 1.46. The highest BCUT2D eigenvalue weighted by Gasteiger charge is 2.16. The molecule has 5 aromatic heterocycles. The van der Waals surface area contributed by atoms with Gasteiger partial charge in [-0.15, -0.1) is 11.3 Å². The second-order valence-corrected chi connectivity index (χ2v) is 10.3. The Morgan fingerprint density at radius 3 is 2.70 bits per heavy atom. The first kappa shape index (κ1) is 24.4. The number of pyridine rings is 2. The predicted molar refractivity (Wildman–Crippen MR) is 152 cm³/mol. The van der Waals surface area contributed by atoms with Gasteiger partial charge in [0.15, 0.2) is 11.4 Å². The largest absolute Gasteiger partial charge is 0.386 e. The summed E-state index contributed by atoms with van der Waals surface area (Å²) in [4.78, 5) is 26.2. The van der Waals surface area contributed by atoms with Gasteiger partial charge in [0.05, 0.1) is 26.8 Å².